The summed E-state index contributed by atoms with van der Waals surface area (Å²) in [5.41, 5.74) is 2.73. The number of hydrogen-bond donors (Lipinski definition) is 1. The number of hydrogen-bond acceptors (Lipinski definition) is 5. The van der Waals surface area contributed by atoms with Crippen LogP contribution in [0.5, 0.6) is 5.75 Å². The number of H-pyrrole nitrogens is 1. The zero-order chi connectivity index (χ0) is 23.7. The average Bonchev–Trinajstić information content (AvgIpc) is 3.61. The van der Waals surface area contributed by atoms with Crippen LogP contribution in [0.2, 0.25) is 0 Å². The van der Waals surface area contributed by atoms with Crippen molar-refractivity contribution >= 4 is 33.6 Å². The van der Waals surface area contributed by atoms with Gasteiger partial charge in [-0.3, -0.25) is 9.59 Å². The largest absolute Gasteiger partial charge is 0.496 e. The molecule has 0 unspecified atom stereocenters. The molecule has 4 aromatic rings. The Labute approximate surface area is 201 Å². The zero-order valence-electron chi connectivity index (χ0n) is 19.3. The predicted molar refractivity (Wildman–Crippen MR) is 130 cm³/mol. The highest BCUT2D eigenvalue weighted by Gasteiger charge is 2.59. The summed E-state index contributed by atoms with van der Waals surface area (Å²) in [4.78, 5) is 30.7. The molecule has 1 aliphatic carbocycles. The Kier molecular flexibility index (Phi) is 4.40. The van der Waals surface area contributed by atoms with Gasteiger partial charge in [-0.15, -0.1) is 0 Å². The molecule has 176 valence electrons. The van der Waals surface area contributed by atoms with Crippen LogP contribution in [0, 0.1) is 23.7 Å². The number of nitrogens with zero attached hydrogens (tertiary/aromatic N) is 4. The summed E-state index contributed by atoms with van der Waals surface area (Å²) in [6, 6.07) is 17.4. The van der Waals surface area contributed by atoms with Crippen LogP contribution < -0.4 is 4.74 Å². The Morgan fingerprint density at radius 1 is 0.800 bits per heavy atom. The number of likely N-dealkylation sites (tertiary alicyclic amines) is 2. The van der Waals surface area contributed by atoms with Gasteiger partial charge < -0.3 is 14.5 Å². The minimum absolute atomic E-state index is 0.0360. The zero-order valence-corrected chi connectivity index (χ0v) is 19.3. The number of nitrogens with one attached hydrogen (secondary N) is 1. The molecule has 2 saturated heterocycles. The van der Waals surface area contributed by atoms with E-state index in [2.05, 4.69) is 15.4 Å². The normalized spacial score (nSPS) is 24.9. The minimum Gasteiger partial charge on any atom is -0.496 e. The molecule has 0 bridgehead atoms. The maximum Gasteiger partial charge on any atom is 0.257 e. The van der Waals surface area contributed by atoms with Gasteiger partial charge in [0.15, 0.2) is 0 Å². The van der Waals surface area contributed by atoms with E-state index in [1.54, 1.807) is 13.2 Å². The van der Waals surface area contributed by atoms with E-state index in [1.807, 2.05) is 58.3 Å². The fourth-order valence-corrected chi connectivity index (χ4v) is 6.59. The van der Waals surface area contributed by atoms with Crippen LogP contribution in [0.3, 0.4) is 0 Å². The van der Waals surface area contributed by atoms with Crippen molar-refractivity contribution in [3.63, 3.8) is 0 Å². The van der Waals surface area contributed by atoms with Gasteiger partial charge in [0.25, 0.3) is 11.8 Å². The van der Waals surface area contributed by atoms with Crippen LogP contribution in [0.25, 0.3) is 21.8 Å². The molecule has 35 heavy (non-hydrogen) atoms. The molecule has 2 amide bonds. The Balaban J connectivity index is 1.07. The maximum absolute atomic E-state index is 13.5. The fourth-order valence-electron chi connectivity index (χ4n) is 6.59. The monoisotopic (exact) mass is 467 g/mol. The van der Waals surface area contributed by atoms with E-state index in [0.29, 0.717) is 46.1 Å². The lowest BCUT2D eigenvalue weighted by Crippen LogP contribution is -2.44. The van der Waals surface area contributed by atoms with Crippen molar-refractivity contribution in [3.05, 3.63) is 65.7 Å². The van der Waals surface area contributed by atoms with Crippen LogP contribution in [-0.4, -0.2) is 70.3 Å². The van der Waals surface area contributed by atoms with E-state index < -0.39 is 0 Å². The summed E-state index contributed by atoms with van der Waals surface area (Å²) in [5, 5.41) is 12.9. The molecule has 3 fully saturated rings. The molecule has 0 spiro atoms. The molecule has 8 heteroatoms. The second kappa shape index (κ2) is 7.53. The highest BCUT2D eigenvalue weighted by Crippen LogP contribution is 2.54. The molecular weight excluding hydrogens is 442 g/mol. The van der Waals surface area contributed by atoms with Crippen LogP contribution in [0.15, 0.2) is 54.6 Å². The number of aromatic amines is 1. The number of benzene rings is 3. The molecule has 3 aliphatic rings. The molecule has 1 N–H and O–H groups in total. The van der Waals surface area contributed by atoms with Gasteiger partial charge in [0.2, 0.25) is 0 Å². The topological polar surface area (TPSA) is 91.4 Å². The molecule has 1 saturated carbocycles. The highest BCUT2D eigenvalue weighted by atomic mass is 16.5. The van der Waals surface area contributed by atoms with E-state index in [9.17, 15) is 9.59 Å². The van der Waals surface area contributed by atoms with Crippen molar-refractivity contribution in [2.75, 3.05) is 33.3 Å². The lowest BCUT2D eigenvalue weighted by atomic mass is 9.60. The Bertz CT molecular complexity index is 1480. The van der Waals surface area contributed by atoms with Crippen LogP contribution >= 0.6 is 0 Å². The summed E-state index contributed by atoms with van der Waals surface area (Å²) in [7, 11) is 1.62. The number of fused-ring (bicyclic) bond motifs is 6. The van der Waals surface area contributed by atoms with E-state index >= 15 is 0 Å². The van der Waals surface area contributed by atoms with E-state index in [-0.39, 0.29) is 11.8 Å². The SMILES string of the molecule is COc1cc2ccccc2cc1C(=O)N1C[C@@H]2[C@H]3CN(C(=O)c4ccc5n[nH]nc5c4)C[C@H]3[C@@H]2C1. The number of rotatable bonds is 3. The number of carbonyl (C=O) groups is 2. The smallest absolute Gasteiger partial charge is 0.257 e. The Hall–Kier alpha value is -3.94. The van der Waals surface area contributed by atoms with Crippen molar-refractivity contribution < 1.29 is 14.3 Å². The first kappa shape index (κ1) is 20.4. The van der Waals surface area contributed by atoms with Crippen LogP contribution in [0.4, 0.5) is 0 Å². The van der Waals surface area contributed by atoms with Crippen molar-refractivity contribution in [1.82, 2.24) is 25.2 Å². The van der Waals surface area contributed by atoms with Gasteiger partial charge in [-0.25, -0.2) is 0 Å². The van der Waals surface area contributed by atoms with Crippen molar-refractivity contribution in [3.8, 4) is 5.75 Å². The molecule has 0 radical (unpaired) electrons. The summed E-state index contributed by atoms with van der Waals surface area (Å²) in [6.45, 7) is 2.99. The van der Waals surface area contributed by atoms with Crippen molar-refractivity contribution in [2.45, 2.75) is 0 Å². The first-order valence-corrected chi connectivity index (χ1v) is 12.1. The average molecular weight is 468 g/mol. The molecule has 7 rings (SSSR count). The van der Waals surface area contributed by atoms with Gasteiger partial charge in [-0.05, 0) is 64.8 Å². The number of ether oxygens (including phenoxy) is 1. The standard InChI is InChI=1S/C27H25N5O3/c1-35-25-10-16-5-3-2-4-15(16)8-18(25)27(34)32-13-21-19-11-31(12-20(19)22(21)14-32)26(33)17-6-7-23-24(9-17)29-30-28-23/h2-10,19-22H,11-14H2,1H3,(H,28,29,30)/t19-,20+,21+,22-. The summed E-state index contributed by atoms with van der Waals surface area (Å²) in [5.74, 6) is 2.52. The third-order valence-electron chi connectivity index (χ3n) is 8.36. The van der Waals surface area contributed by atoms with Gasteiger partial charge in [0, 0.05) is 31.7 Å². The van der Waals surface area contributed by atoms with E-state index in [1.165, 1.54) is 0 Å². The first-order chi connectivity index (χ1) is 17.1. The summed E-state index contributed by atoms with van der Waals surface area (Å²) < 4.78 is 5.58. The van der Waals surface area contributed by atoms with E-state index in [0.717, 1.165) is 42.5 Å². The second-order valence-electron chi connectivity index (χ2n) is 10.0. The minimum atomic E-state index is 0.0360. The molecule has 2 aliphatic heterocycles. The summed E-state index contributed by atoms with van der Waals surface area (Å²) >= 11 is 0. The van der Waals surface area contributed by atoms with Gasteiger partial charge in [0.05, 0.1) is 12.7 Å². The molecule has 8 nitrogen and oxygen atoms in total. The molecule has 4 atom stereocenters. The Morgan fingerprint density at radius 2 is 1.40 bits per heavy atom. The number of amides is 2. The van der Waals surface area contributed by atoms with Crippen molar-refractivity contribution in [2.24, 2.45) is 23.7 Å². The maximum atomic E-state index is 13.5. The van der Waals surface area contributed by atoms with E-state index in [4.69, 9.17) is 4.74 Å². The van der Waals surface area contributed by atoms with Gasteiger partial charge >= 0.3 is 0 Å². The molecule has 1 aromatic heterocycles. The highest BCUT2D eigenvalue weighted by molar-refractivity contribution is 6.02. The third kappa shape index (κ3) is 3.05. The number of aromatic nitrogens is 3. The predicted octanol–water partition coefficient (Wildman–Crippen LogP) is 3.21. The molecule has 3 aromatic carbocycles. The van der Waals surface area contributed by atoms with Gasteiger partial charge in [0.1, 0.15) is 16.8 Å². The number of carbonyl (C=O) groups excluding carboxylic acids is 2. The summed E-state index contributed by atoms with van der Waals surface area (Å²) in [6.07, 6.45) is 0. The molecule has 3 heterocycles. The third-order valence-corrected chi connectivity index (χ3v) is 8.36. The van der Waals surface area contributed by atoms with Gasteiger partial charge in [-0.1, -0.05) is 24.3 Å². The van der Waals surface area contributed by atoms with Gasteiger partial charge in [-0.2, -0.15) is 15.4 Å². The Morgan fingerprint density at radius 3 is 2.06 bits per heavy atom. The lowest BCUT2D eigenvalue weighted by molar-refractivity contribution is 0.0629. The van der Waals surface area contributed by atoms with Crippen molar-refractivity contribution in [1.29, 1.82) is 0 Å². The first-order valence-electron chi connectivity index (χ1n) is 12.1. The second-order valence-corrected chi connectivity index (χ2v) is 10.0. The van der Waals surface area contributed by atoms with Crippen LogP contribution in [-0.2, 0) is 0 Å². The van der Waals surface area contributed by atoms with Crippen LogP contribution in [0.1, 0.15) is 20.7 Å². The quantitative estimate of drug-likeness (QED) is 0.500. The fraction of sp³-hybridized carbons (Fsp3) is 0.333. The lowest BCUT2D eigenvalue weighted by Gasteiger charge is -2.42. The molecular formula is C27H25N5O3. The number of methoxy groups -OCH3 is 1.